The van der Waals surface area contributed by atoms with E-state index in [0.717, 1.165) is 11.3 Å². The van der Waals surface area contributed by atoms with Crippen LogP contribution in [0.25, 0.3) is 0 Å². The van der Waals surface area contributed by atoms with Crippen molar-refractivity contribution < 1.29 is 24.2 Å². The molecule has 0 aliphatic heterocycles. The number of carboxylic acids is 1. The smallest absolute Gasteiger partial charge is 0.350 e. The Labute approximate surface area is 126 Å². The van der Waals surface area contributed by atoms with Gasteiger partial charge in [-0.1, -0.05) is 25.2 Å². The summed E-state index contributed by atoms with van der Waals surface area (Å²) in [4.78, 5) is 38.1. The predicted molar refractivity (Wildman–Crippen MR) is 77.5 cm³/mol. The van der Waals surface area contributed by atoms with Gasteiger partial charge in [-0.15, -0.1) is 0 Å². The second-order valence-electron chi connectivity index (χ2n) is 4.87. The van der Waals surface area contributed by atoms with Crippen molar-refractivity contribution in [1.82, 2.24) is 4.98 Å². The third kappa shape index (κ3) is 5.90. The minimum absolute atomic E-state index is 0.138. The molecule has 0 bridgehead atoms. The highest BCUT2D eigenvalue weighted by Crippen LogP contribution is 2.23. The Bertz CT molecular complexity index is 539. The summed E-state index contributed by atoms with van der Waals surface area (Å²) in [7, 11) is 0. The lowest BCUT2D eigenvalue weighted by molar-refractivity contribution is -0.138. The van der Waals surface area contributed by atoms with Crippen LogP contribution < -0.4 is 5.32 Å². The summed E-state index contributed by atoms with van der Waals surface area (Å²) in [6.07, 6.45) is -0.388. The van der Waals surface area contributed by atoms with E-state index in [1.807, 2.05) is 13.8 Å². The lowest BCUT2D eigenvalue weighted by Gasteiger charge is -2.05. The monoisotopic (exact) mass is 314 g/mol. The quantitative estimate of drug-likeness (QED) is 0.746. The number of nitrogens with one attached hydrogen (secondary N) is 1. The summed E-state index contributed by atoms with van der Waals surface area (Å²) >= 11 is 1.02. The van der Waals surface area contributed by atoms with Crippen LogP contribution in [0, 0.1) is 12.8 Å². The van der Waals surface area contributed by atoms with E-state index in [9.17, 15) is 14.4 Å². The fraction of sp³-hybridized carbons (Fsp3) is 0.538. The molecule has 0 aromatic carbocycles. The molecule has 0 atom stereocenters. The molecule has 0 unspecified atom stereocenters. The Morgan fingerprint density at radius 1 is 1.33 bits per heavy atom. The van der Waals surface area contributed by atoms with Gasteiger partial charge in [0.15, 0.2) is 5.13 Å². The number of amides is 1. The van der Waals surface area contributed by atoms with Gasteiger partial charge in [0.05, 0.1) is 18.7 Å². The zero-order valence-corrected chi connectivity index (χ0v) is 13.0. The van der Waals surface area contributed by atoms with Crippen molar-refractivity contribution in [3.05, 3.63) is 10.6 Å². The third-order valence-electron chi connectivity index (χ3n) is 2.34. The first-order valence-corrected chi connectivity index (χ1v) is 7.27. The fourth-order valence-corrected chi connectivity index (χ4v) is 2.23. The van der Waals surface area contributed by atoms with Crippen molar-refractivity contribution >= 4 is 34.3 Å². The van der Waals surface area contributed by atoms with Gasteiger partial charge >= 0.3 is 11.9 Å². The van der Waals surface area contributed by atoms with Crippen LogP contribution in [0.15, 0.2) is 0 Å². The van der Waals surface area contributed by atoms with E-state index in [-0.39, 0.29) is 23.9 Å². The van der Waals surface area contributed by atoms with Gasteiger partial charge in [-0.25, -0.2) is 9.78 Å². The zero-order chi connectivity index (χ0) is 16.0. The highest BCUT2D eigenvalue weighted by Gasteiger charge is 2.18. The Hall–Kier alpha value is -1.96. The van der Waals surface area contributed by atoms with Gasteiger partial charge < -0.3 is 15.2 Å². The van der Waals surface area contributed by atoms with Gasteiger partial charge in [-0.3, -0.25) is 9.59 Å². The number of aliphatic carboxylic acids is 1. The number of anilines is 1. The summed E-state index contributed by atoms with van der Waals surface area (Å²) in [5.41, 5.74) is 0.474. The molecule has 0 radical (unpaired) electrons. The SMILES string of the molecule is Cc1nc(NC(=O)CCC(=O)O)sc1C(=O)OCC(C)C. The van der Waals surface area contributed by atoms with E-state index in [4.69, 9.17) is 9.84 Å². The number of thiazole rings is 1. The maximum atomic E-state index is 11.8. The van der Waals surface area contributed by atoms with Gasteiger partial charge in [0.1, 0.15) is 4.88 Å². The predicted octanol–water partition coefficient (Wildman–Crippen LogP) is 2.07. The van der Waals surface area contributed by atoms with E-state index in [0.29, 0.717) is 17.2 Å². The van der Waals surface area contributed by atoms with E-state index in [1.54, 1.807) is 6.92 Å². The molecule has 1 aromatic heterocycles. The van der Waals surface area contributed by atoms with Crippen LogP contribution in [0.4, 0.5) is 5.13 Å². The number of nitrogens with zero attached hydrogens (tertiary/aromatic N) is 1. The topological polar surface area (TPSA) is 106 Å². The second kappa shape index (κ2) is 7.72. The molecular formula is C13H18N2O5S. The number of hydrogen-bond acceptors (Lipinski definition) is 6. The Morgan fingerprint density at radius 2 is 2.00 bits per heavy atom. The summed E-state index contributed by atoms with van der Waals surface area (Å²) in [6, 6.07) is 0. The Kier molecular flexibility index (Phi) is 6.29. The number of rotatable bonds is 7. The first kappa shape index (κ1) is 17.1. The second-order valence-corrected chi connectivity index (χ2v) is 5.87. The van der Waals surface area contributed by atoms with Crippen LogP contribution in [0.3, 0.4) is 0 Å². The molecule has 1 aromatic rings. The highest BCUT2D eigenvalue weighted by molar-refractivity contribution is 7.17. The highest BCUT2D eigenvalue weighted by atomic mass is 32.1. The fourth-order valence-electron chi connectivity index (χ4n) is 1.35. The number of carboxylic acid groups (broad SMARTS) is 1. The molecule has 0 saturated carbocycles. The molecule has 0 aliphatic rings. The molecule has 1 amide bonds. The average molecular weight is 314 g/mol. The number of aromatic nitrogens is 1. The molecule has 116 valence electrons. The van der Waals surface area contributed by atoms with Gasteiger partial charge in [-0.2, -0.15) is 0 Å². The number of hydrogen-bond donors (Lipinski definition) is 2. The van der Waals surface area contributed by atoms with E-state index in [2.05, 4.69) is 10.3 Å². The molecule has 7 nitrogen and oxygen atoms in total. The lowest BCUT2D eigenvalue weighted by Crippen LogP contribution is -2.12. The van der Waals surface area contributed by atoms with Crippen LogP contribution in [0.2, 0.25) is 0 Å². The van der Waals surface area contributed by atoms with Crippen molar-refractivity contribution in [2.75, 3.05) is 11.9 Å². The number of esters is 1. The van der Waals surface area contributed by atoms with Crippen LogP contribution in [0.5, 0.6) is 0 Å². The normalized spacial score (nSPS) is 10.5. The van der Waals surface area contributed by atoms with Crippen molar-refractivity contribution in [2.45, 2.75) is 33.6 Å². The molecular weight excluding hydrogens is 296 g/mol. The van der Waals surface area contributed by atoms with E-state index < -0.39 is 17.8 Å². The van der Waals surface area contributed by atoms with E-state index >= 15 is 0 Å². The molecule has 0 fully saturated rings. The van der Waals surface area contributed by atoms with Gasteiger partial charge in [-0.05, 0) is 12.8 Å². The number of aryl methyl sites for hydroxylation is 1. The summed E-state index contributed by atoms with van der Waals surface area (Å²) < 4.78 is 5.11. The number of ether oxygens (including phenoxy) is 1. The van der Waals surface area contributed by atoms with E-state index in [1.165, 1.54) is 0 Å². The van der Waals surface area contributed by atoms with Crippen LogP contribution in [-0.2, 0) is 14.3 Å². The van der Waals surface area contributed by atoms with Crippen LogP contribution >= 0.6 is 11.3 Å². The van der Waals surface area contributed by atoms with Gasteiger partial charge in [0.25, 0.3) is 0 Å². The summed E-state index contributed by atoms with van der Waals surface area (Å²) in [6.45, 7) is 5.83. The maximum absolute atomic E-state index is 11.8. The van der Waals surface area contributed by atoms with Gasteiger partial charge in [0, 0.05) is 6.42 Å². The molecule has 1 heterocycles. The average Bonchev–Trinajstić information content (AvgIpc) is 2.74. The summed E-state index contributed by atoms with van der Waals surface area (Å²) in [5, 5.41) is 11.2. The minimum Gasteiger partial charge on any atom is -0.481 e. The minimum atomic E-state index is -1.04. The Morgan fingerprint density at radius 3 is 2.57 bits per heavy atom. The van der Waals surface area contributed by atoms with Gasteiger partial charge in [0.2, 0.25) is 5.91 Å². The van der Waals surface area contributed by atoms with Crippen molar-refractivity contribution in [3.63, 3.8) is 0 Å². The van der Waals surface area contributed by atoms with Crippen LogP contribution in [-0.4, -0.2) is 34.5 Å². The third-order valence-corrected chi connectivity index (χ3v) is 3.39. The molecule has 21 heavy (non-hydrogen) atoms. The molecule has 0 spiro atoms. The maximum Gasteiger partial charge on any atom is 0.350 e. The van der Waals surface area contributed by atoms with Crippen LogP contribution in [0.1, 0.15) is 42.1 Å². The number of carbonyl (C=O) groups excluding carboxylic acids is 2. The van der Waals surface area contributed by atoms with Crippen molar-refractivity contribution in [2.24, 2.45) is 5.92 Å². The standard InChI is InChI=1S/C13H18N2O5S/c1-7(2)6-20-12(19)11-8(3)14-13(21-11)15-9(16)4-5-10(17)18/h7H,4-6H2,1-3H3,(H,17,18)(H,14,15,16). The molecule has 0 aliphatic carbocycles. The van der Waals surface area contributed by atoms with Crippen molar-refractivity contribution in [3.8, 4) is 0 Å². The lowest BCUT2D eigenvalue weighted by atomic mass is 10.2. The number of carbonyl (C=O) groups is 3. The zero-order valence-electron chi connectivity index (χ0n) is 12.1. The Balaban J connectivity index is 2.63. The molecule has 0 saturated heterocycles. The molecule has 1 rings (SSSR count). The first-order valence-electron chi connectivity index (χ1n) is 6.45. The molecule has 2 N–H and O–H groups in total. The first-order chi connectivity index (χ1) is 9.79. The summed E-state index contributed by atoms with van der Waals surface area (Å²) in [5.74, 6) is -1.73. The van der Waals surface area contributed by atoms with Crippen molar-refractivity contribution in [1.29, 1.82) is 0 Å². The largest absolute Gasteiger partial charge is 0.481 e. The molecule has 8 heteroatoms.